The third kappa shape index (κ3) is 4.35. The molecule has 1 aromatic heterocycles. The van der Waals surface area contributed by atoms with Gasteiger partial charge in [-0.15, -0.1) is 0 Å². The molecule has 3 aliphatic rings. The molecule has 1 amide bonds. The number of piperidine rings is 1. The molecule has 2 aliphatic carbocycles. The zero-order valence-corrected chi connectivity index (χ0v) is 19.2. The Morgan fingerprint density at radius 1 is 1.25 bits per heavy atom. The molecule has 170 valence electrons. The van der Waals surface area contributed by atoms with Crippen LogP contribution in [0.2, 0.25) is 5.02 Å². The third-order valence-electron chi connectivity index (χ3n) is 7.05. The average Bonchev–Trinajstić information content (AvgIpc) is 3.44. The number of carbonyl (C=O) groups excluding carboxylic acids is 1. The second-order valence-electron chi connectivity index (χ2n) is 9.19. The Labute approximate surface area is 194 Å². The molecule has 2 atom stereocenters. The second kappa shape index (κ2) is 9.14. The van der Waals surface area contributed by atoms with Crippen LogP contribution in [0.25, 0.3) is 0 Å². The minimum Gasteiger partial charge on any atom is -0.495 e. The van der Waals surface area contributed by atoms with Crippen LogP contribution in [0.15, 0.2) is 24.4 Å². The van der Waals surface area contributed by atoms with Crippen molar-refractivity contribution >= 4 is 35.5 Å². The molecule has 0 spiro atoms. The first-order valence-electron chi connectivity index (χ1n) is 11.6. The molecule has 1 aliphatic heterocycles. The van der Waals surface area contributed by atoms with Crippen LogP contribution in [0, 0.1) is 11.8 Å². The topological polar surface area (TPSA) is 70.6 Å². The highest BCUT2D eigenvalue weighted by Gasteiger charge is 2.46. The van der Waals surface area contributed by atoms with Crippen LogP contribution in [0.4, 0.5) is 17.5 Å². The summed E-state index contributed by atoms with van der Waals surface area (Å²) in [6.07, 6.45) is 9.66. The fraction of sp³-hybridized carbons (Fsp3) is 0.542. The zero-order chi connectivity index (χ0) is 22.1. The molecular weight excluding hydrogens is 426 g/mol. The van der Waals surface area contributed by atoms with Gasteiger partial charge in [0.25, 0.3) is 0 Å². The normalized spacial score (nSPS) is 22.4. The number of hydrogen-bond acceptors (Lipinski definition) is 6. The summed E-state index contributed by atoms with van der Waals surface area (Å²) in [6.45, 7) is 2.59. The lowest BCUT2D eigenvalue weighted by Crippen LogP contribution is -2.36. The number of hydrogen-bond donors (Lipinski definition) is 1. The average molecular weight is 456 g/mol. The number of anilines is 3. The Kier molecular flexibility index (Phi) is 6.09. The number of amides is 1. The van der Waals surface area contributed by atoms with Gasteiger partial charge in [0.2, 0.25) is 12.4 Å². The van der Waals surface area contributed by atoms with E-state index < -0.39 is 0 Å². The van der Waals surface area contributed by atoms with E-state index in [4.69, 9.17) is 21.3 Å². The molecule has 0 bridgehead atoms. The molecular formula is C24H30ClN5O2. The van der Waals surface area contributed by atoms with E-state index in [0.29, 0.717) is 23.1 Å². The predicted molar refractivity (Wildman–Crippen MR) is 127 cm³/mol. The van der Waals surface area contributed by atoms with Crippen LogP contribution in [-0.4, -0.2) is 42.6 Å². The van der Waals surface area contributed by atoms with E-state index in [1.165, 1.54) is 12.8 Å². The van der Waals surface area contributed by atoms with Crippen molar-refractivity contribution in [2.24, 2.45) is 11.8 Å². The first-order chi connectivity index (χ1) is 15.7. The minimum atomic E-state index is 0.200. The van der Waals surface area contributed by atoms with Gasteiger partial charge in [-0.1, -0.05) is 36.9 Å². The summed E-state index contributed by atoms with van der Waals surface area (Å²) in [4.78, 5) is 25.8. The first-order valence-corrected chi connectivity index (χ1v) is 12.0. The highest BCUT2D eigenvalue weighted by Crippen LogP contribution is 2.46. The second-order valence-corrected chi connectivity index (χ2v) is 9.60. The number of ether oxygens (including phenoxy) is 1. The van der Waals surface area contributed by atoms with Gasteiger partial charge in [-0.3, -0.25) is 4.79 Å². The Morgan fingerprint density at radius 3 is 2.72 bits per heavy atom. The lowest BCUT2D eigenvalue weighted by Gasteiger charge is -2.32. The molecule has 3 fully saturated rings. The molecule has 2 heterocycles. The fourth-order valence-corrected chi connectivity index (χ4v) is 5.38. The number of aromatic nitrogens is 2. The molecule has 32 heavy (non-hydrogen) atoms. The van der Waals surface area contributed by atoms with E-state index >= 15 is 0 Å². The van der Waals surface area contributed by atoms with Crippen molar-refractivity contribution in [3.63, 3.8) is 0 Å². The maximum Gasteiger partial charge on any atom is 0.227 e. The molecule has 7 nitrogen and oxygen atoms in total. The summed E-state index contributed by atoms with van der Waals surface area (Å²) in [5.74, 6) is 3.68. The first kappa shape index (κ1) is 21.3. The molecule has 8 heteroatoms. The minimum absolute atomic E-state index is 0.200. The summed E-state index contributed by atoms with van der Waals surface area (Å²) in [5.41, 5.74) is 1.76. The Bertz CT molecular complexity index is 971. The van der Waals surface area contributed by atoms with Crippen molar-refractivity contribution in [1.82, 2.24) is 9.97 Å². The maximum atomic E-state index is 12.1. The monoisotopic (exact) mass is 455 g/mol. The maximum absolute atomic E-state index is 12.1. The smallest absolute Gasteiger partial charge is 0.227 e. The SMILES string of the molecule is COc1ccc(CNc2nc(N3CC4CC4C3)ncc2N(C=O)C2CCCCC2)cc1Cl. The third-order valence-corrected chi connectivity index (χ3v) is 7.35. The van der Waals surface area contributed by atoms with Gasteiger partial charge < -0.3 is 19.9 Å². The van der Waals surface area contributed by atoms with Crippen LogP contribution in [-0.2, 0) is 11.3 Å². The van der Waals surface area contributed by atoms with Gasteiger partial charge in [0.15, 0.2) is 5.82 Å². The summed E-state index contributed by atoms with van der Waals surface area (Å²) in [5, 5.41) is 4.03. The van der Waals surface area contributed by atoms with Crippen molar-refractivity contribution in [2.75, 3.05) is 35.3 Å². The number of methoxy groups -OCH3 is 1. The summed E-state index contributed by atoms with van der Waals surface area (Å²) in [7, 11) is 1.61. The quantitative estimate of drug-likeness (QED) is 0.591. The van der Waals surface area contributed by atoms with Crippen LogP contribution >= 0.6 is 11.6 Å². The van der Waals surface area contributed by atoms with Crippen LogP contribution in [0.5, 0.6) is 5.75 Å². The molecule has 1 saturated heterocycles. The number of rotatable bonds is 8. The zero-order valence-electron chi connectivity index (χ0n) is 18.5. The van der Waals surface area contributed by atoms with Gasteiger partial charge in [-0.2, -0.15) is 4.98 Å². The number of benzene rings is 1. The van der Waals surface area contributed by atoms with Crippen molar-refractivity contribution in [3.8, 4) is 5.75 Å². The summed E-state index contributed by atoms with van der Waals surface area (Å²) < 4.78 is 5.26. The van der Waals surface area contributed by atoms with Gasteiger partial charge in [-0.05, 0) is 48.8 Å². The lowest BCUT2D eigenvalue weighted by molar-refractivity contribution is -0.108. The predicted octanol–water partition coefficient (Wildman–Crippen LogP) is 4.50. The van der Waals surface area contributed by atoms with Gasteiger partial charge in [0, 0.05) is 25.7 Å². The highest BCUT2D eigenvalue weighted by molar-refractivity contribution is 6.32. The molecule has 1 aromatic carbocycles. The van der Waals surface area contributed by atoms with Gasteiger partial charge in [0.05, 0.1) is 18.3 Å². The Morgan fingerprint density at radius 2 is 2.03 bits per heavy atom. The summed E-state index contributed by atoms with van der Waals surface area (Å²) in [6, 6.07) is 5.93. The van der Waals surface area contributed by atoms with Crippen LogP contribution in [0.1, 0.15) is 44.1 Å². The highest BCUT2D eigenvalue weighted by atomic mass is 35.5. The molecule has 0 radical (unpaired) electrons. The van der Waals surface area contributed by atoms with E-state index in [1.54, 1.807) is 7.11 Å². The van der Waals surface area contributed by atoms with Gasteiger partial charge in [0.1, 0.15) is 11.4 Å². The molecule has 5 rings (SSSR count). The Hall–Kier alpha value is -2.54. The number of halogens is 1. The van der Waals surface area contributed by atoms with E-state index in [-0.39, 0.29) is 6.04 Å². The largest absolute Gasteiger partial charge is 0.495 e. The van der Waals surface area contributed by atoms with Gasteiger partial charge in [-0.25, -0.2) is 4.98 Å². The number of nitrogens with zero attached hydrogens (tertiary/aromatic N) is 4. The molecule has 2 unspecified atom stereocenters. The number of fused-ring (bicyclic) bond motifs is 1. The lowest BCUT2D eigenvalue weighted by atomic mass is 9.94. The van der Waals surface area contributed by atoms with Crippen LogP contribution < -0.4 is 19.9 Å². The van der Waals surface area contributed by atoms with Gasteiger partial charge >= 0.3 is 0 Å². The van der Waals surface area contributed by atoms with E-state index in [2.05, 4.69) is 15.2 Å². The standard InChI is InChI=1S/C24H30ClN5O2/c1-32-22-8-7-16(9-20(22)25)11-26-23-21(30(15-31)19-5-3-2-4-6-19)12-27-24(28-23)29-13-17-10-18(17)14-29/h7-9,12,15,17-19H,2-6,10-11,13-14H2,1H3,(H,26,27,28). The fourth-order valence-electron chi connectivity index (χ4n) is 5.10. The van der Waals surface area contributed by atoms with Crippen molar-refractivity contribution in [1.29, 1.82) is 0 Å². The summed E-state index contributed by atoms with van der Waals surface area (Å²) >= 11 is 6.31. The van der Waals surface area contributed by atoms with Crippen LogP contribution in [0.3, 0.4) is 0 Å². The van der Waals surface area contributed by atoms with Crippen molar-refractivity contribution in [2.45, 2.75) is 51.1 Å². The van der Waals surface area contributed by atoms with Crippen molar-refractivity contribution < 1.29 is 9.53 Å². The molecule has 2 aromatic rings. The molecule has 2 saturated carbocycles. The number of nitrogens with one attached hydrogen (secondary N) is 1. The van der Waals surface area contributed by atoms with E-state index in [9.17, 15) is 4.79 Å². The van der Waals surface area contributed by atoms with Crippen molar-refractivity contribution in [3.05, 3.63) is 35.0 Å². The molecule has 1 N–H and O–H groups in total. The van der Waals surface area contributed by atoms with E-state index in [0.717, 1.165) is 74.2 Å². The Balaban J connectivity index is 1.41. The number of carbonyl (C=O) groups is 1. The van der Waals surface area contributed by atoms with E-state index in [1.807, 2.05) is 29.3 Å².